The highest BCUT2D eigenvalue weighted by atomic mass is 16.5. The van der Waals surface area contributed by atoms with Crippen LogP contribution in [0.25, 0.3) is 0 Å². The van der Waals surface area contributed by atoms with E-state index in [0.29, 0.717) is 63.8 Å². The van der Waals surface area contributed by atoms with Gasteiger partial charge in [0.25, 0.3) is 0 Å². The number of aromatic nitrogens is 2. The Morgan fingerprint density at radius 1 is 1.04 bits per heavy atom. The monoisotopic (exact) mass is 386 g/mol. The van der Waals surface area contributed by atoms with Crippen LogP contribution in [0.2, 0.25) is 0 Å². The van der Waals surface area contributed by atoms with E-state index in [0.717, 1.165) is 11.3 Å². The van der Waals surface area contributed by atoms with Gasteiger partial charge in [0.1, 0.15) is 5.75 Å². The molecule has 8 heteroatoms. The molecule has 0 radical (unpaired) electrons. The Morgan fingerprint density at radius 2 is 1.68 bits per heavy atom. The summed E-state index contributed by atoms with van der Waals surface area (Å²) < 4.78 is 10.7. The maximum absolute atomic E-state index is 12.5. The minimum absolute atomic E-state index is 0.0504. The van der Waals surface area contributed by atoms with Crippen LogP contribution in [-0.4, -0.2) is 64.6 Å². The number of carbonyl (C=O) groups is 2. The lowest BCUT2D eigenvalue weighted by atomic mass is 10.1. The Bertz CT molecular complexity index is 795. The van der Waals surface area contributed by atoms with Gasteiger partial charge >= 0.3 is 0 Å². The third-order valence-electron chi connectivity index (χ3n) is 4.70. The van der Waals surface area contributed by atoms with Crippen molar-refractivity contribution in [3.8, 4) is 5.75 Å². The average Bonchev–Trinajstić information content (AvgIpc) is 3.13. The zero-order chi connectivity index (χ0) is 19.9. The molecule has 0 saturated carbocycles. The van der Waals surface area contributed by atoms with Crippen molar-refractivity contribution in [1.82, 2.24) is 20.0 Å². The summed E-state index contributed by atoms with van der Waals surface area (Å²) in [4.78, 5) is 28.5. The number of aryl methyl sites for hydroxylation is 2. The molecule has 28 heavy (non-hydrogen) atoms. The van der Waals surface area contributed by atoms with Crippen molar-refractivity contribution in [2.45, 2.75) is 33.1 Å². The van der Waals surface area contributed by atoms with E-state index in [1.807, 2.05) is 36.1 Å². The molecule has 1 aromatic carbocycles. The number of piperazine rings is 1. The number of hydrogen-bond donors (Lipinski definition) is 0. The van der Waals surface area contributed by atoms with E-state index >= 15 is 0 Å². The van der Waals surface area contributed by atoms with Gasteiger partial charge in [-0.15, -0.1) is 10.2 Å². The quantitative estimate of drug-likeness (QED) is 0.718. The van der Waals surface area contributed by atoms with E-state index in [1.165, 1.54) is 0 Å². The number of benzene rings is 1. The molecule has 150 valence electrons. The normalized spacial score (nSPS) is 14.2. The molecule has 0 atom stereocenters. The van der Waals surface area contributed by atoms with Crippen LogP contribution in [-0.2, 0) is 22.4 Å². The molecule has 2 aromatic rings. The molecule has 0 bridgehead atoms. The number of amides is 2. The predicted octanol–water partition coefficient (Wildman–Crippen LogP) is 1.62. The van der Waals surface area contributed by atoms with Crippen molar-refractivity contribution in [3.63, 3.8) is 0 Å². The SMILES string of the molecule is CCOc1ccc(CC(=O)N2CCN(C(=O)CCc3nnc(C)o3)CC2)cc1. The molecule has 0 N–H and O–H groups in total. The molecule has 2 heterocycles. The Balaban J connectivity index is 1.42. The fraction of sp³-hybridized carbons (Fsp3) is 0.500. The highest BCUT2D eigenvalue weighted by Crippen LogP contribution is 2.14. The minimum atomic E-state index is 0.0504. The van der Waals surface area contributed by atoms with E-state index in [-0.39, 0.29) is 11.8 Å². The van der Waals surface area contributed by atoms with Crippen molar-refractivity contribution in [3.05, 3.63) is 41.6 Å². The molecule has 0 unspecified atom stereocenters. The van der Waals surface area contributed by atoms with Crippen LogP contribution in [0.5, 0.6) is 5.75 Å². The zero-order valence-electron chi connectivity index (χ0n) is 16.4. The Labute approximate surface area is 164 Å². The summed E-state index contributed by atoms with van der Waals surface area (Å²) in [7, 11) is 0. The summed E-state index contributed by atoms with van der Waals surface area (Å²) in [5.41, 5.74) is 0.960. The van der Waals surface area contributed by atoms with Crippen LogP contribution in [0, 0.1) is 6.92 Å². The topological polar surface area (TPSA) is 88.8 Å². The van der Waals surface area contributed by atoms with Crippen LogP contribution in [0.1, 0.15) is 30.7 Å². The Morgan fingerprint density at radius 3 is 2.25 bits per heavy atom. The third-order valence-corrected chi connectivity index (χ3v) is 4.70. The number of ether oxygens (including phenoxy) is 1. The first kappa shape index (κ1) is 19.9. The fourth-order valence-corrected chi connectivity index (χ4v) is 3.17. The number of nitrogens with zero attached hydrogens (tertiary/aromatic N) is 4. The van der Waals surface area contributed by atoms with Gasteiger partial charge in [-0.05, 0) is 24.6 Å². The van der Waals surface area contributed by atoms with Gasteiger partial charge in [0.15, 0.2) is 0 Å². The molecular weight excluding hydrogens is 360 g/mol. The van der Waals surface area contributed by atoms with Gasteiger partial charge in [0.05, 0.1) is 13.0 Å². The second kappa shape index (κ2) is 9.34. The minimum Gasteiger partial charge on any atom is -0.494 e. The molecule has 1 fully saturated rings. The largest absolute Gasteiger partial charge is 0.494 e. The first-order chi connectivity index (χ1) is 13.5. The van der Waals surface area contributed by atoms with E-state index in [2.05, 4.69) is 10.2 Å². The van der Waals surface area contributed by atoms with E-state index in [4.69, 9.17) is 9.15 Å². The van der Waals surface area contributed by atoms with Crippen LogP contribution < -0.4 is 4.74 Å². The van der Waals surface area contributed by atoms with E-state index < -0.39 is 0 Å². The van der Waals surface area contributed by atoms with Gasteiger partial charge in [-0.1, -0.05) is 12.1 Å². The predicted molar refractivity (Wildman–Crippen MR) is 102 cm³/mol. The second-order valence-electron chi connectivity index (χ2n) is 6.73. The number of rotatable bonds is 7. The summed E-state index contributed by atoms with van der Waals surface area (Å²) in [6, 6.07) is 7.60. The fourth-order valence-electron chi connectivity index (χ4n) is 3.17. The molecule has 1 saturated heterocycles. The summed E-state index contributed by atoms with van der Waals surface area (Å²) >= 11 is 0. The second-order valence-corrected chi connectivity index (χ2v) is 6.73. The Kier molecular flexibility index (Phi) is 6.62. The van der Waals surface area contributed by atoms with Crippen molar-refractivity contribution in [1.29, 1.82) is 0 Å². The van der Waals surface area contributed by atoms with E-state index in [9.17, 15) is 9.59 Å². The lowest BCUT2D eigenvalue weighted by Crippen LogP contribution is -2.51. The third kappa shape index (κ3) is 5.31. The zero-order valence-corrected chi connectivity index (χ0v) is 16.4. The summed E-state index contributed by atoms with van der Waals surface area (Å²) in [5.74, 6) is 1.92. The van der Waals surface area contributed by atoms with Crippen molar-refractivity contribution in [2.24, 2.45) is 0 Å². The van der Waals surface area contributed by atoms with Crippen LogP contribution in [0.3, 0.4) is 0 Å². The maximum atomic E-state index is 12.5. The maximum Gasteiger partial charge on any atom is 0.227 e. The van der Waals surface area contributed by atoms with Crippen molar-refractivity contribution < 1.29 is 18.7 Å². The van der Waals surface area contributed by atoms with Crippen molar-refractivity contribution in [2.75, 3.05) is 32.8 Å². The number of carbonyl (C=O) groups excluding carboxylic acids is 2. The first-order valence-electron chi connectivity index (χ1n) is 9.61. The summed E-state index contributed by atoms with van der Waals surface area (Å²) in [6.45, 7) is 6.50. The number of hydrogen-bond acceptors (Lipinski definition) is 6. The van der Waals surface area contributed by atoms with Crippen LogP contribution in [0.15, 0.2) is 28.7 Å². The smallest absolute Gasteiger partial charge is 0.227 e. The molecule has 0 aliphatic carbocycles. The van der Waals surface area contributed by atoms with Gasteiger partial charge in [-0.25, -0.2) is 0 Å². The van der Waals surface area contributed by atoms with Crippen molar-refractivity contribution >= 4 is 11.8 Å². The van der Waals surface area contributed by atoms with Gasteiger partial charge in [-0.2, -0.15) is 0 Å². The summed E-state index contributed by atoms with van der Waals surface area (Å²) in [5, 5.41) is 7.67. The molecular formula is C20H26N4O4. The average molecular weight is 386 g/mol. The van der Waals surface area contributed by atoms with E-state index in [1.54, 1.807) is 11.8 Å². The molecule has 8 nitrogen and oxygen atoms in total. The molecule has 2 amide bonds. The van der Waals surface area contributed by atoms with Gasteiger partial charge < -0.3 is 19.0 Å². The van der Waals surface area contributed by atoms with Crippen LogP contribution in [0.4, 0.5) is 0 Å². The summed E-state index contributed by atoms with van der Waals surface area (Å²) in [6.07, 6.45) is 1.13. The standard InChI is InChI=1S/C20H26N4O4/c1-3-27-17-6-4-16(5-7-17)14-20(26)24-12-10-23(11-13-24)19(25)9-8-18-22-21-15(2)28-18/h4-7H,3,8-14H2,1-2H3. The molecule has 1 aliphatic rings. The molecule has 1 aliphatic heterocycles. The van der Waals surface area contributed by atoms with Gasteiger partial charge in [0, 0.05) is 45.9 Å². The lowest BCUT2D eigenvalue weighted by Gasteiger charge is -2.35. The molecule has 3 rings (SSSR count). The van der Waals surface area contributed by atoms with Gasteiger partial charge in [-0.3, -0.25) is 9.59 Å². The molecule has 1 aromatic heterocycles. The first-order valence-corrected chi connectivity index (χ1v) is 9.61. The highest BCUT2D eigenvalue weighted by molar-refractivity contribution is 5.80. The molecule has 0 spiro atoms. The van der Waals surface area contributed by atoms with Gasteiger partial charge in [0.2, 0.25) is 23.6 Å². The van der Waals surface area contributed by atoms with Crippen LogP contribution >= 0.6 is 0 Å². The Hall–Kier alpha value is -2.90. The lowest BCUT2D eigenvalue weighted by molar-refractivity contribution is -0.139. The highest BCUT2D eigenvalue weighted by Gasteiger charge is 2.24.